The van der Waals surface area contributed by atoms with E-state index in [2.05, 4.69) is 21.2 Å². The van der Waals surface area contributed by atoms with Crippen LogP contribution in [0.2, 0.25) is 0 Å². The summed E-state index contributed by atoms with van der Waals surface area (Å²) >= 11 is 3.44. The van der Waals surface area contributed by atoms with Gasteiger partial charge in [0.15, 0.2) is 0 Å². The molecule has 5 heteroatoms. The van der Waals surface area contributed by atoms with E-state index in [1.165, 1.54) is 7.11 Å². The molecule has 19 heavy (non-hydrogen) atoms. The first-order valence-electron chi connectivity index (χ1n) is 5.61. The molecule has 0 fully saturated rings. The Labute approximate surface area is 119 Å². The van der Waals surface area contributed by atoms with Gasteiger partial charge in [0.1, 0.15) is 0 Å². The summed E-state index contributed by atoms with van der Waals surface area (Å²) in [6.07, 6.45) is 0. The molecule has 0 unspecified atom stereocenters. The summed E-state index contributed by atoms with van der Waals surface area (Å²) in [5.74, 6) is -0.429. The quantitative estimate of drug-likeness (QED) is 0.670. The molecule has 4 nitrogen and oxygen atoms in total. The summed E-state index contributed by atoms with van der Waals surface area (Å²) in [6, 6.07) is 12.7. The van der Waals surface area contributed by atoms with Gasteiger partial charge in [0.05, 0.1) is 24.0 Å². The summed E-state index contributed by atoms with van der Waals surface area (Å²) in [4.78, 5) is 11.7. The molecule has 0 saturated carbocycles. The highest BCUT2D eigenvalue weighted by Gasteiger charge is 2.13. The first kappa shape index (κ1) is 13.4. The average Bonchev–Trinajstić information content (AvgIpc) is 2.42. The number of ether oxygens (including phenoxy) is 1. The van der Waals surface area contributed by atoms with Crippen molar-refractivity contribution in [3.05, 3.63) is 52.5 Å². The fourth-order valence-corrected chi connectivity index (χ4v) is 2.04. The molecule has 0 saturated heterocycles. The fourth-order valence-electron chi connectivity index (χ4n) is 1.66. The van der Waals surface area contributed by atoms with Crippen molar-refractivity contribution in [2.24, 2.45) is 0 Å². The van der Waals surface area contributed by atoms with Crippen molar-refractivity contribution in [3.8, 4) is 0 Å². The van der Waals surface area contributed by atoms with Crippen molar-refractivity contribution >= 4 is 39.0 Å². The van der Waals surface area contributed by atoms with Crippen molar-refractivity contribution in [1.82, 2.24) is 0 Å². The number of hydrogen-bond acceptors (Lipinski definition) is 4. The van der Waals surface area contributed by atoms with Crippen LogP contribution >= 0.6 is 15.9 Å². The zero-order chi connectivity index (χ0) is 13.8. The van der Waals surface area contributed by atoms with Crippen LogP contribution in [0, 0.1) is 0 Å². The molecule has 0 spiro atoms. The Balaban J connectivity index is 2.40. The first-order valence-corrected chi connectivity index (χ1v) is 6.40. The molecule has 0 aliphatic rings. The zero-order valence-electron chi connectivity index (χ0n) is 10.3. The number of benzene rings is 2. The Hall–Kier alpha value is -2.01. The zero-order valence-corrected chi connectivity index (χ0v) is 11.9. The summed E-state index contributed by atoms with van der Waals surface area (Å²) in [7, 11) is 1.34. The highest BCUT2D eigenvalue weighted by molar-refractivity contribution is 9.10. The van der Waals surface area contributed by atoms with E-state index in [0.29, 0.717) is 16.9 Å². The van der Waals surface area contributed by atoms with E-state index in [4.69, 9.17) is 10.5 Å². The minimum atomic E-state index is -0.429. The van der Waals surface area contributed by atoms with Gasteiger partial charge in [-0.15, -0.1) is 0 Å². The van der Waals surface area contributed by atoms with Crippen molar-refractivity contribution in [1.29, 1.82) is 0 Å². The second-order valence-corrected chi connectivity index (χ2v) is 4.76. The van der Waals surface area contributed by atoms with Crippen LogP contribution in [0.1, 0.15) is 10.4 Å². The third-order valence-electron chi connectivity index (χ3n) is 2.59. The summed E-state index contributed by atoms with van der Waals surface area (Å²) in [5, 5.41) is 3.18. The van der Waals surface area contributed by atoms with Crippen molar-refractivity contribution in [3.63, 3.8) is 0 Å². The van der Waals surface area contributed by atoms with Gasteiger partial charge in [0.25, 0.3) is 0 Å². The Bertz CT molecular complexity index is 614. The van der Waals surface area contributed by atoms with E-state index < -0.39 is 5.97 Å². The predicted molar refractivity (Wildman–Crippen MR) is 79.6 cm³/mol. The number of rotatable bonds is 3. The van der Waals surface area contributed by atoms with Gasteiger partial charge in [0.2, 0.25) is 0 Å². The molecule has 0 aromatic heterocycles. The number of anilines is 3. The van der Waals surface area contributed by atoms with Gasteiger partial charge in [-0.2, -0.15) is 0 Å². The average molecular weight is 321 g/mol. The molecule has 0 radical (unpaired) electrons. The van der Waals surface area contributed by atoms with E-state index >= 15 is 0 Å². The van der Waals surface area contributed by atoms with Gasteiger partial charge < -0.3 is 15.8 Å². The summed E-state index contributed by atoms with van der Waals surface area (Å²) in [6.45, 7) is 0. The third-order valence-corrected chi connectivity index (χ3v) is 3.28. The monoisotopic (exact) mass is 320 g/mol. The SMILES string of the molecule is COC(=O)c1cc(N)ccc1Nc1ccccc1Br. The maximum Gasteiger partial charge on any atom is 0.340 e. The Morgan fingerprint density at radius 1 is 1.21 bits per heavy atom. The van der Waals surface area contributed by atoms with Gasteiger partial charge >= 0.3 is 5.97 Å². The Kier molecular flexibility index (Phi) is 4.06. The second-order valence-electron chi connectivity index (χ2n) is 3.90. The highest BCUT2D eigenvalue weighted by atomic mass is 79.9. The number of methoxy groups -OCH3 is 1. The minimum Gasteiger partial charge on any atom is -0.465 e. The van der Waals surface area contributed by atoms with Gasteiger partial charge in [-0.05, 0) is 46.3 Å². The predicted octanol–water partition coefficient (Wildman–Crippen LogP) is 3.56. The molecular formula is C14H13BrN2O2. The number of hydrogen-bond donors (Lipinski definition) is 2. The van der Waals surface area contributed by atoms with Crippen LogP contribution in [-0.2, 0) is 4.74 Å². The number of nitrogen functional groups attached to an aromatic ring is 1. The highest BCUT2D eigenvalue weighted by Crippen LogP contribution is 2.28. The number of nitrogens with one attached hydrogen (secondary N) is 1. The van der Waals surface area contributed by atoms with E-state index in [1.807, 2.05) is 24.3 Å². The summed E-state index contributed by atoms with van der Waals surface area (Å²) < 4.78 is 5.66. The van der Waals surface area contributed by atoms with Crippen LogP contribution in [0.5, 0.6) is 0 Å². The lowest BCUT2D eigenvalue weighted by Crippen LogP contribution is -2.06. The molecule has 0 heterocycles. The Morgan fingerprint density at radius 3 is 2.63 bits per heavy atom. The number of halogens is 1. The van der Waals surface area contributed by atoms with Gasteiger partial charge in [-0.25, -0.2) is 4.79 Å². The number of carbonyl (C=O) groups excluding carboxylic acids is 1. The molecule has 0 amide bonds. The topological polar surface area (TPSA) is 64.3 Å². The summed E-state index contributed by atoms with van der Waals surface area (Å²) in [5.41, 5.74) is 8.12. The number of para-hydroxylation sites is 1. The fraction of sp³-hybridized carbons (Fsp3) is 0.0714. The van der Waals surface area contributed by atoms with Gasteiger partial charge in [-0.1, -0.05) is 12.1 Å². The largest absolute Gasteiger partial charge is 0.465 e. The number of nitrogens with two attached hydrogens (primary N) is 1. The molecule has 0 bridgehead atoms. The van der Waals surface area contributed by atoms with Crippen LogP contribution in [-0.4, -0.2) is 13.1 Å². The normalized spacial score (nSPS) is 10.0. The lowest BCUT2D eigenvalue weighted by molar-refractivity contribution is 0.0602. The molecule has 0 aliphatic carbocycles. The van der Waals surface area contributed by atoms with E-state index in [0.717, 1.165) is 10.2 Å². The maximum atomic E-state index is 11.7. The molecule has 2 rings (SSSR count). The minimum absolute atomic E-state index is 0.401. The number of esters is 1. The third kappa shape index (κ3) is 3.06. The molecule has 98 valence electrons. The van der Waals surface area contributed by atoms with Gasteiger partial charge in [0, 0.05) is 10.2 Å². The van der Waals surface area contributed by atoms with Crippen molar-refractivity contribution < 1.29 is 9.53 Å². The smallest absolute Gasteiger partial charge is 0.340 e. The lowest BCUT2D eigenvalue weighted by atomic mass is 10.1. The van der Waals surface area contributed by atoms with Crippen molar-refractivity contribution in [2.75, 3.05) is 18.2 Å². The van der Waals surface area contributed by atoms with Crippen LogP contribution in [0.25, 0.3) is 0 Å². The molecule has 3 N–H and O–H groups in total. The maximum absolute atomic E-state index is 11.7. The van der Waals surface area contributed by atoms with Gasteiger partial charge in [-0.3, -0.25) is 0 Å². The number of carbonyl (C=O) groups is 1. The second kappa shape index (κ2) is 5.75. The van der Waals surface area contributed by atoms with E-state index in [9.17, 15) is 4.79 Å². The molecule has 2 aromatic rings. The van der Waals surface area contributed by atoms with Crippen LogP contribution in [0.4, 0.5) is 17.1 Å². The molecular weight excluding hydrogens is 308 g/mol. The van der Waals surface area contributed by atoms with E-state index in [1.54, 1.807) is 18.2 Å². The van der Waals surface area contributed by atoms with E-state index in [-0.39, 0.29) is 0 Å². The standard InChI is InChI=1S/C14H13BrN2O2/c1-19-14(18)10-8-9(16)6-7-12(10)17-13-5-3-2-4-11(13)15/h2-8,17H,16H2,1H3. The van der Waals surface area contributed by atoms with Crippen molar-refractivity contribution in [2.45, 2.75) is 0 Å². The van der Waals surface area contributed by atoms with Crippen LogP contribution < -0.4 is 11.1 Å². The first-order chi connectivity index (χ1) is 9.11. The molecule has 0 aliphatic heterocycles. The van der Waals surface area contributed by atoms with Crippen LogP contribution in [0.15, 0.2) is 46.9 Å². The Morgan fingerprint density at radius 2 is 1.95 bits per heavy atom. The van der Waals surface area contributed by atoms with Crippen LogP contribution in [0.3, 0.4) is 0 Å². The molecule has 2 aromatic carbocycles. The lowest BCUT2D eigenvalue weighted by Gasteiger charge is -2.12. The molecule has 0 atom stereocenters.